The molecule has 2 atom stereocenters. The minimum Gasteiger partial charge on any atom is -0.460 e. The molecule has 2 unspecified atom stereocenters. The quantitative estimate of drug-likeness (QED) is 0.900. The van der Waals surface area contributed by atoms with E-state index in [4.69, 9.17) is 10.2 Å². The highest BCUT2D eigenvalue weighted by Gasteiger charge is 2.31. The van der Waals surface area contributed by atoms with Crippen LogP contribution in [0.5, 0.6) is 0 Å². The molecule has 1 aliphatic heterocycles. The highest BCUT2D eigenvalue weighted by molar-refractivity contribution is 5.93. The Labute approximate surface area is 141 Å². The molecule has 1 amide bonds. The Hall–Kier alpha value is -1.79. The first-order valence-electron chi connectivity index (χ1n) is 7.75. The second-order valence-corrected chi connectivity index (χ2v) is 6.00. The van der Waals surface area contributed by atoms with Gasteiger partial charge in [0.05, 0.1) is 0 Å². The van der Waals surface area contributed by atoms with E-state index in [1.165, 1.54) is 0 Å². The Morgan fingerprint density at radius 2 is 2.26 bits per heavy atom. The van der Waals surface area contributed by atoms with E-state index >= 15 is 0 Å². The van der Waals surface area contributed by atoms with Crippen molar-refractivity contribution in [2.45, 2.75) is 45.2 Å². The maximum absolute atomic E-state index is 12.7. The van der Waals surface area contributed by atoms with E-state index in [-0.39, 0.29) is 30.4 Å². The number of piperidine rings is 1. The molecule has 3 N–H and O–H groups in total. The van der Waals surface area contributed by atoms with Gasteiger partial charge >= 0.3 is 0 Å². The summed E-state index contributed by atoms with van der Waals surface area (Å²) in [5.41, 5.74) is 7.16. The largest absolute Gasteiger partial charge is 0.460 e. The van der Waals surface area contributed by atoms with E-state index in [1.54, 1.807) is 6.07 Å². The normalized spacial score (nSPS) is 19.3. The number of hydrogen-bond acceptors (Lipinski definition) is 4. The molecule has 0 saturated carbocycles. The zero-order valence-corrected chi connectivity index (χ0v) is 14.2. The molecule has 0 aliphatic carbocycles. The Balaban J connectivity index is 0.00000192. The zero-order chi connectivity index (χ0) is 15.7. The van der Waals surface area contributed by atoms with Gasteiger partial charge in [0.2, 0.25) is 0 Å². The van der Waals surface area contributed by atoms with Crippen LogP contribution >= 0.6 is 12.4 Å². The number of amides is 1. The van der Waals surface area contributed by atoms with Gasteiger partial charge in [-0.15, -0.1) is 12.4 Å². The second-order valence-electron chi connectivity index (χ2n) is 6.00. The number of nitrogens with one attached hydrogen (secondary N) is 1. The maximum Gasteiger partial charge on any atom is 0.274 e. The number of furan rings is 1. The number of nitrogens with two attached hydrogens (primary N) is 1. The standard InChI is InChI=1S/C16H22N4O2.ClH/c1-10-6-7-15(22-10)12-9-13(19-18-12)16(21)20-8-4-3-5-14(20)11(2)17;/h6-7,9,11,14H,3-5,8,17H2,1-2H3,(H,18,19);1H. The zero-order valence-electron chi connectivity index (χ0n) is 13.4. The number of likely N-dealkylation sites (tertiary alicyclic amines) is 1. The molecule has 2 aromatic heterocycles. The van der Waals surface area contributed by atoms with Crippen LogP contribution in [0.15, 0.2) is 22.6 Å². The molecule has 3 heterocycles. The number of aromatic amines is 1. The SMILES string of the molecule is Cc1ccc(-c2cc(C(=O)N3CCCCC3C(C)N)n[nH]2)o1.Cl. The summed E-state index contributed by atoms with van der Waals surface area (Å²) < 4.78 is 5.55. The van der Waals surface area contributed by atoms with Gasteiger partial charge in [0.1, 0.15) is 11.5 Å². The number of aromatic nitrogens is 2. The lowest BCUT2D eigenvalue weighted by molar-refractivity contribution is 0.0577. The second kappa shape index (κ2) is 7.19. The van der Waals surface area contributed by atoms with Crippen molar-refractivity contribution in [3.05, 3.63) is 29.7 Å². The summed E-state index contributed by atoms with van der Waals surface area (Å²) in [6, 6.07) is 5.55. The van der Waals surface area contributed by atoms with Gasteiger partial charge in [-0.2, -0.15) is 5.10 Å². The Bertz CT molecular complexity index is 665. The number of halogens is 1. The van der Waals surface area contributed by atoms with Gasteiger partial charge in [-0.25, -0.2) is 0 Å². The van der Waals surface area contributed by atoms with E-state index in [2.05, 4.69) is 10.2 Å². The van der Waals surface area contributed by atoms with E-state index < -0.39 is 0 Å². The Kier molecular flexibility index (Phi) is 5.49. The topological polar surface area (TPSA) is 88.1 Å². The molecule has 23 heavy (non-hydrogen) atoms. The summed E-state index contributed by atoms with van der Waals surface area (Å²) in [6.07, 6.45) is 3.09. The number of aryl methyl sites for hydroxylation is 1. The van der Waals surface area contributed by atoms with Gasteiger partial charge in [0.15, 0.2) is 11.5 Å². The average Bonchev–Trinajstić information content (AvgIpc) is 3.15. The minimum absolute atomic E-state index is 0. The molecular formula is C16H23ClN4O2. The molecule has 7 heteroatoms. The molecule has 126 valence electrons. The fraction of sp³-hybridized carbons (Fsp3) is 0.500. The van der Waals surface area contributed by atoms with Crippen LogP contribution in [-0.4, -0.2) is 39.6 Å². The molecular weight excluding hydrogens is 316 g/mol. The van der Waals surface area contributed by atoms with E-state index in [0.29, 0.717) is 17.1 Å². The van der Waals surface area contributed by atoms with Crippen molar-refractivity contribution < 1.29 is 9.21 Å². The van der Waals surface area contributed by atoms with Crippen LogP contribution in [0.1, 0.15) is 42.4 Å². The van der Waals surface area contributed by atoms with Gasteiger partial charge in [0, 0.05) is 24.7 Å². The molecule has 0 bridgehead atoms. The summed E-state index contributed by atoms with van der Waals surface area (Å²) in [5.74, 6) is 1.45. The smallest absolute Gasteiger partial charge is 0.274 e. The van der Waals surface area contributed by atoms with Crippen molar-refractivity contribution in [1.82, 2.24) is 15.1 Å². The number of hydrogen-bond donors (Lipinski definition) is 2. The third kappa shape index (κ3) is 3.59. The number of rotatable bonds is 3. The van der Waals surface area contributed by atoms with Gasteiger partial charge in [0.25, 0.3) is 5.91 Å². The fourth-order valence-electron chi connectivity index (χ4n) is 3.04. The van der Waals surface area contributed by atoms with Crippen molar-refractivity contribution in [2.75, 3.05) is 6.54 Å². The minimum atomic E-state index is -0.0622. The molecule has 3 rings (SSSR count). The summed E-state index contributed by atoms with van der Waals surface area (Å²) in [6.45, 7) is 4.58. The molecule has 1 fully saturated rings. The summed E-state index contributed by atoms with van der Waals surface area (Å²) in [7, 11) is 0. The summed E-state index contributed by atoms with van der Waals surface area (Å²) in [4.78, 5) is 14.6. The Morgan fingerprint density at radius 1 is 1.48 bits per heavy atom. The molecule has 1 saturated heterocycles. The number of H-pyrrole nitrogens is 1. The molecule has 0 spiro atoms. The predicted molar refractivity (Wildman–Crippen MR) is 90.6 cm³/mol. The van der Waals surface area contributed by atoms with Crippen molar-refractivity contribution in [3.8, 4) is 11.5 Å². The van der Waals surface area contributed by atoms with Crippen molar-refractivity contribution in [3.63, 3.8) is 0 Å². The molecule has 1 aliphatic rings. The number of nitrogens with zero attached hydrogens (tertiary/aromatic N) is 2. The van der Waals surface area contributed by atoms with Crippen LogP contribution in [-0.2, 0) is 0 Å². The maximum atomic E-state index is 12.7. The van der Waals surface area contributed by atoms with Crippen LogP contribution in [0.4, 0.5) is 0 Å². The van der Waals surface area contributed by atoms with Gasteiger partial charge in [-0.05, 0) is 45.2 Å². The van der Waals surface area contributed by atoms with E-state index in [1.807, 2.05) is 30.9 Å². The van der Waals surface area contributed by atoms with Crippen LogP contribution in [0.3, 0.4) is 0 Å². The third-order valence-corrected chi connectivity index (χ3v) is 4.22. The van der Waals surface area contributed by atoms with E-state index in [0.717, 1.165) is 31.6 Å². The van der Waals surface area contributed by atoms with Crippen LogP contribution in [0.2, 0.25) is 0 Å². The van der Waals surface area contributed by atoms with Crippen molar-refractivity contribution >= 4 is 18.3 Å². The van der Waals surface area contributed by atoms with Gasteiger partial charge in [-0.3, -0.25) is 9.89 Å². The van der Waals surface area contributed by atoms with Crippen LogP contribution in [0, 0.1) is 6.92 Å². The number of carbonyl (C=O) groups excluding carboxylic acids is 1. The Morgan fingerprint density at radius 3 is 2.91 bits per heavy atom. The molecule has 2 aromatic rings. The van der Waals surface area contributed by atoms with Crippen molar-refractivity contribution in [1.29, 1.82) is 0 Å². The number of carbonyl (C=O) groups is 1. The monoisotopic (exact) mass is 338 g/mol. The predicted octanol–water partition coefficient (Wildman–Crippen LogP) is 2.74. The first kappa shape index (κ1) is 17.6. The van der Waals surface area contributed by atoms with Gasteiger partial charge < -0.3 is 15.1 Å². The molecule has 0 aromatic carbocycles. The van der Waals surface area contributed by atoms with Gasteiger partial charge in [-0.1, -0.05) is 0 Å². The van der Waals surface area contributed by atoms with Crippen molar-refractivity contribution in [2.24, 2.45) is 5.73 Å². The van der Waals surface area contributed by atoms with E-state index in [9.17, 15) is 4.79 Å². The lowest BCUT2D eigenvalue weighted by Crippen LogP contribution is -2.51. The summed E-state index contributed by atoms with van der Waals surface area (Å²) in [5, 5.41) is 7.03. The fourth-order valence-corrected chi connectivity index (χ4v) is 3.04. The summed E-state index contributed by atoms with van der Waals surface area (Å²) >= 11 is 0. The molecule has 0 radical (unpaired) electrons. The highest BCUT2D eigenvalue weighted by atomic mass is 35.5. The first-order chi connectivity index (χ1) is 10.6. The van der Waals surface area contributed by atoms with Crippen LogP contribution in [0.25, 0.3) is 11.5 Å². The van der Waals surface area contributed by atoms with Crippen LogP contribution < -0.4 is 5.73 Å². The highest BCUT2D eigenvalue weighted by Crippen LogP contribution is 2.24. The first-order valence-corrected chi connectivity index (χ1v) is 7.75. The molecule has 6 nitrogen and oxygen atoms in total. The lowest BCUT2D eigenvalue weighted by atomic mass is 9.96. The average molecular weight is 339 g/mol. The lowest BCUT2D eigenvalue weighted by Gasteiger charge is -2.37. The third-order valence-electron chi connectivity index (χ3n) is 4.22.